The van der Waals surface area contributed by atoms with Crippen LogP contribution in [0.5, 0.6) is 5.75 Å². The second kappa shape index (κ2) is 9.34. The molecule has 1 rings (SSSR count). The highest BCUT2D eigenvalue weighted by Crippen LogP contribution is 2.11. The average molecular weight is 299 g/mol. The van der Waals surface area contributed by atoms with Crippen LogP contribution in [0.2, 0.25) is 0 Å². The van der Waals surface area contributed by atoms with Crippen molar-refractivity contribution < 1.29 is 14.7 Å². The summed E-state index contributed by atoms with van der Waals surface area (Å²) in [6.07, 6.45) is 7.13. The van der Waals surface area contributed by atoms with Crippen LogP contribution in [0, 0.1) is 0 Å². The maximum Gasteiger partial charge on any atom is 0.220 e. The van der Waals surface area contributed by atoms with Gasteiger partial charge in [-0.05, 0) is 30.5 Å². The Morgan fingerprint density at radius 1 is 1.27 bits per heavy atom. The first kappa shape index (κ1) is 17.4. The molecule has 0 aliphatic heterocycles. The van der Waals surface area contributed by atoms with Gasteiger partial charge in [-0.3, -0.25) is 4.79 Å². The van der Waals surface area contributed by atoms with Gasteiger partial charge in [-0.1, -0.05) is 49.1 Å². The van der Waals surface area contributed by atoms with Crippen molar-refractivity contribution >= 4 is 12.2 Å². The fourth-order valence-corrected chi connectivity index (χ4v) is 1.86. The molecule has 0 radical (unpaired) electrons. The van der Waals surface area contributed by atoms with Crippen LogP contribution in [0.25, 0.3) is 0 Å². The van der Waals surface area contributed by atoms with E-state index in [9.17, 15) is 14.7 Å². The van der Waals surface area contributed by atoms with Crippen molar-refractivity contribution in [2.45, 2.75) is 25.3 Å². The summed E-state index contributed by atoms with van der Waals surface area (Å²) in [6.45, 7) is 7.39. The van der Waals surface area contributed by atoms with Gasteiger partial charge < -0.3 is 15.2 Å². The second-order valence-electron chi connectivity index (χ2n) is 4.93. The molecule has 0 saturated carbocycles. The zero-order valence-electron chi connectivity index (χ0n) is 12.5. The molecule has 0 aromatic heterocycles. The smallest absolute Gasteiger partial charge is 0.220 e. The zero-order valence-corrected chi connectivity index (χ0v) is 12.5. The largest absolute Gasteiger partial charge is 0.508 e. The summed E-state index contributed by atoms with van der Waals surface area (Å²) in [5.41, 5.74) is 1.70. The first-order valence-corrected chi connectivity index (χ1v) is 7.04. The molecule has 0 fully saturated rings. The van der Waals surface area contributed by atoms with Crippen molar-refractivity contribution in [3.63, 3.8) is 0 Å². The van der Waals surface area contributed by atoms with Crippen LogP contribution < -0.4 is 5.32 Å². The van der Waals surface area contributed by atoms with Crippen molar-refractivity contribution in [2.75, 3.05) is 0 Å². The lowest BCUT2D eigenvalue weighted by atomic mass is 10.1. The summed E-state index contributed by atoms with van der Waals surface area (Å²) in [6, 6.07) is 5.97. The average Bonchev–Trinajstić information content (AvgIpc) is 2.52. The van der Waals surface area contributed by atoms with Crippen LogP contribution in [0.4, 0.5) is 0 Å². The van der Waals surface area contributed by atoms with Crippen molar-refractivity contribution in [3.05, 3.63) is 66.8 Å². The maximum absolute atomic E-state index is 11.8. The predicted molar refractivity (Wildman–Crippen MR) is 87.5 cm³/mol. The van der Waals surface area contributed by atoms with E-state index < -0.39 is 6.04 Å². The molecule has 0 aliphatic carbocycles. The zero-order chi connectivity index (χ0) is 16.4. The van der Waals surface area contributed by atoms with E-state index in [1.54, 1.807) is 42.5 Å². The molecule has 0 saturated heterocycles. The number of hydrogen-bond acceptors (Lipinski definition) is 3. The third-order valence-corrected chi connectivity index (χ3v) is 3.04. The van der Waals surface area contributed by atoms with Gasteiger partial charge in [-0.15, -0.1) is 0 Å². The van der Waals surface area contributed by atoms with Gasteiger partial charge in [0.2, 0.25) is 5.91 Å². The molecule has 2 N–H and O–H groups in total. The molecule has 4 nitrogen and oxygen atoms in total. The number of rotatable bonds is 9. The number of allylic oxidation sites excluding steroid dienone is 4. The van der Waals surface area contributed by atoms with Crippen LogP contribution in [-0.2, 0) is 16.0 Å². The highest BCUT2D eigenvalue weighted by Gasteiger charge is 2.12. The Balaban J connectivity index is 2.44. The number of carbonyl (C=O) groups is 2. The number of phenols is 1. The van der Waals surface area contributed by atoms with E-state index >= 15 is 0 Å². The van der Waals surface area contributed by atoms with Gasteiger partial charge in [0.25, 0.3) is 0 Å². The van der Waals surface area contributed by atoms with Gasteiger partial charge in [-0.2, -0.15) is 0 Å². The number of amides is 1. The summed E-state index contributed by atoms with van der Waals surface area (Å²) >= 11 is 0. The number of nitrogens with one attached hydrogen (secondary N) is 1. The molecule has 1 aromatic carbocycles. The Kier molecular flexibility index (Phi) is 7.40. The third kappa shape index (κ3) is 6.70. The Morgan fingerprint density at radius 2 is 1.95 bits per heavy atom. The first-order valence-electron chi connectivity index (χ1n) is 7.04. The quantitative estimate of drug-likeness (QED) is 0.544. The molecule has 1 atom stereocenters. The summed E-state index contributed by atoms with van der Waals surface area (Å²) in [5.74, 6) is -0.0226. The van der Waals surface area contributed by atoms with Crippen LogP contribution in [0.15, 0.2) is 61.2 Å². The number of aromatic hydroxyl groups is 1. The van der Waals surface area contributed by atoms with Crippen molar-refractivity contribution in [3.8, 4) is 5.75 Å². The van der Waals surface area contributed by atoms with Gasteiger partial charge >= 0.3 is 0 Å². The molecule has 1 unspecified atom stereocenters. The van der Waals surface area contributed by atoms with Crippen LogP contribution >= 0.6 is 0 Å². The van der Waals surface area contributed by atoms with Gasteiger partial charge in [0.05, 0.1) is 6.04 Å². The monoisotopic (exact) mass is 299 g/mol. The summed E-state index contributed by atoms with van der Waals surface area (Å²) in [4.78, 5) is 22.9. The van der Waals surface area contributed by atoms with Gasteiger partial charge in [-0.25, -0.2) is 0 Å². The van der Waals surface area contributed by atoms with Crippen LogP contribution in [0.3, 0.4) is 0 Å². The van der Waals surface area contributed by atoms with Gasteiger partial charge in [0.15, 0.2) is 0 Å². The number of carbonyl (C=O) groups excluding carboxylic acids is 2. The summed E-state index contributed by atoms with van der Waals surface area (Å²) in [7, 11) is 0. The SMILES string of the molecule is C=C/C=C\C(=C)CCC(=O)NC(C=O)Cc1ccc(O)cc1. The Hall–Kier alpha value is -2.62. The third-order valence-electron chi connectivity index (χ3n) is 3.04. The number of phenolic OH excluding ortho intramolecular Hbond substituents is 1. The Bertz CT molecular complexity index is 558. The summed E-state index contributed by atoms with van der Waals surface area (Å²) in [5, 5.41) is 11.9. The van der Waals surface area contributed by atoms with E-state index in [0.717, 1.165) is 17.4 Å². The molecule has 116 valence electrons. The second-order valence-corrected chi connectivity index (χ2v) is 4.93. The topological polar surface area (TPSA) is 66.4 Å². The van der Waals surface area contributed by atoms with E-state index in [0.29, 0.717) is 12.8 Å². The van der Waals surface area contributed by atoms with Crippen LogP contribution in [-0.4, -0.2) is 23.3 Å². The minimum Gasteiger partial charge on any atom is -0.508 e. The molecular weight excluding hydrogens is 278 g/mol. The molecule has 0 heterocycles. The highest BCUT2D eigenvalue weighted by molar-refractivity contribution is 5.80. The highest BCUT2D eigenvalue weighted by atomic mass is 16.3. The molecular formula is C18H21NO3. The fourth-order valence-electron chi connectivity index (χ4n) is 1.86. The minimum atomic E-state index is -0.575. The fraction of sp³-hybridized carbons (Fsp3) is 0.222. The number of aldehydes is 1. The van der Waals surface area contributed by atoms with Crippen molar-refractivity contribution in [1.82, 2.24) is 5.32 Å². The lowest BCUT2D eigenvalue weighted by molar-refractivity contribution is -0.123. The maximum atomic E-state index is 11.8. The van der Waals surface area contributed by atoms with Gasteiger partial charge in [0.1, 0.15) is 12.0 Å². The van der Waals surface area contributed by atoms with E-state index in [1.165, 1.54) is 0 Å². The van der Waals surface area contributed by atoms with E-state index in [-0.39, 0.29) is 18.1 Å². The van der Waals surface area contributed by atoms with Gasteiger partial charge in [0, 0.05) is 6.42 Å². The van der Waals surface area contributed by atoms with E-state index in [1.807, 2.05) is 0 Å². The lowest BCUT2D eigenvalue weighted by Gasteiger charge is -2.13. The van der Waals surface area contributed by atoms with Crippen LogP contribution in [0.1, 0.15) is 18.4 Å². The number of hydrogen-bond donors (Lipinski definition) is 2. The molecule has 22 heavy (non-hydrogen) atoms. The van der Waals surface area contributed by atoms with E-state index in [2.05, 4.69) is 18.5 Å². The van der Waals surface area contributed by atoms with Crippen molar-refractivity contribution in [1.29, 1.82) is 0 Å². The first-order chi connectivity index (χ1) is 10.5. The molecule has 4 heteroatoms. The Labute approximate surface area is 130 Å². The lowest BCUT2D eigenvalue weighted by Crippen LogP contribution is -2.37. The minimum absolute atomic E-state index is 0.168. The molecule has 1 amide bonds. The molecule has 0 bridgehead atoms. The predicted octanol–water partition coefficient (Wildman–Crippen LogP) is 2.70. The molecule has 0 spiro atoms. The molecule has 1 aromatic rings. The Morgan fingerprint density at radius 3 is 2.55 bits per heavy atom. The normalized spacial score (nSPS) is 11.8. The van der Waals surface area contributed by atoms with Crippen molar-refractivity contribution in [2.24, 2.45) is 0 Å². The molecule has 0 aliphatic rings. The number of benzene rings is 1. The van der Waals surface area contributed by atoms with E-state index in [4.69, 9.17) is 0 Å². The summed E-state index contributed by atoms with van der Waals surface area (Å²) < 4.78 is 0. The standard InChI is InChI=1S/C18H21NO3/c1-3-4-5-14(2)6-11-18(22)19-16(13-20)12-15-7-9-17(21)10-8-15/h3-5,7-10,13,16,21H,1-2,6,11-12H2,(H,19,22)/b5-4-.